The van der Waals surface area contributed by atoms with E-state index < -0.39 is 0 Å². The molecule has 166 valence electrons. The number of H-pyrrole nitrogens is 2. The highest BCUT2D eigenvalue weighted by molar-refractivity contribution is 6.01. The second-order valence-corrected chi connectivity index (χ2v) is 8.21. The Morgan fingerprint density at radius 1 is 0.706 bits per heavy atom. The summed E-state index contributed by atoms with van der Waals surface area (Å²) in [5.74, 6) is 1.43. The number of nitrogens with zero attached hydrogens (tertiary/aromatic N) is 3. The highest BCUT2D eigenvalue weighted by Crippen LogP contribution is 2.24. The highest BCUT2D eigenvalue weighted by atomic mass is 16.2. The molecule has 7 heteroatoms. The van der Waals surface area contributed by atoms with Crippen LogP contribution in [0.25, 0.3) is 32.8 Å². The van der Waals surface area contributed by atoms with E-state index in [1.807, 2.05) is 91.0 Å². The zero-order chi connectivity index (χ0) is 22.9. The number of amides is 2. The number of hydrogen-bond acceptors (Lipinski definition) is 3. The van der Waals surface area contributed by atoms with Crippen molar-refractivity contribution in [1.29, 1.82) is 0 Å². The first-order chi connectivity index (χ1) is 16.7. The van der Waals surface area contributed by atoms with Crippen molar-refractivity contribution >= 4 is 44.6 Å². The third kappa shape index (κ3) is 3.84. The van der Waals surface area contributed by atoms with Crippen LogP contribution in [-0.2, 0) is 13.1 Å². The average molecular weight is 447 g/mol. The molecule has 0 aliphatic heterocycles. The van der Waals surface area contributed by atoms with Crippen LogP contribution in [0.5, 0.6) is 0 Å². The Morgan fingerprint density at radius 3 is 1.91 bits per heavy atom. The molecule has 6 aromatic rings. The number of nitrogens with one attached hydrogen (secondary N) is 3. The zero-order valence-electron chi connectivity index (χ0n) is 18.3. The van der Waals surface area contributed by atoms with Gasteiger partial charge in [0.05, 0.1) is 40.8 Å². The number of imidazole rings is 2. The van der Waals surface area contributed by atoms with Gasteiger partial charge in [-0.2, -0.15) is 0 Å². The number of benzene rings is 4. The topological polar surface area (TPSA) is 89.7 Å². The molecule has 2 amide bonds. The molecule has 0 saturated heterocycles. The monoisotopic (exact) mass is 446 g/mol. The lowest BCUT2D eigenvalue weighted by Crippen LogP contribution is -2.34. The van der Waals surface area contributed by atoms with E-state index in [-0.39, 0.29) is 6.03 Å². The molecule has 0 saturated carbocycles. The Kier molecular flexibility index (Phi) is 4.92. The molecule has 0 atom stereocenters. The third-order valence-electron chi connectivity index (χ3n) is 5.88. The summed E-state index contributed by atoms with van der Waals surface area (Å²) < 4.78 is 0. The molecular weight excluding hydrogens is 424 g/mol. The Hall–Kier alpha value is -4.65. The molecule has 0 spiro atoms. The fourth-order valence-electron chi connectivity index (χ4n) is 4.25. The van der Waals surface area contributed by atoms with Crippen molar-refractivity contribution in [3.05, 3.63) is 103 Å². The summed E-state index contributed by atoms with van der Waals surface area (Å²) in [7, 11) is 0. The molecule has 4 aromatic carbocycles. The van der Waals surface area contributed by atoms with E-state index >= 15 is 0 Å². The maximum atomic E-state index is 13.5. The summed E-state index contributed by atoms with van der Waals surface area (Å²) in [6.45, 7) is 0.616. The smallest absolute Gasteiger partial charge is 0.322 e. The molecule has 3 N–H and O–H groups in total. The van der Waals surface area contributed by atoms with Crippen LogP contribution >= 0.6 is 0 Å². The summed E-state index contributed by atoms with van der Waals surface area (Å²) in [4.78, 5) is 31.2. The van der Waals surface area contributed by atoms with Crippen LogP contribution in [0.15, 0.2) is 91.0 Å². The lowest BCUT2D eigenvalue weighted by atomic mass is 10.1. The predicted molar refractivity (Wildman–Crippen MR) is 134 cm³/mol. The Balaban J connectivity index is 1.33. The minimum atomic E-state index is -0.225. The SMILES string of the molecule is O=C(Nc1cccc2ccccc12)N(Cc1nc2ccccc2[nH]1)Cc1nc2ccccc2[nH]1. The van der Waals surface area contributed by atoms with Gasteiger partial charge in [0.1, 0.15) is 11.6 Å². The van der Waals surface area contributed by atoms with E-state index in [9.17, 15) is 4.79 Å². The third-order valence-corrected chi connectivity index (χ3v) is 5.88. The standard InChI is InChI=1S/C27H22N6O/c34-27(32-20-15-7-9-18-8-1-2-10-19(18)20)33(16-25-28-21-11-3-4-12-22(21)29-25)17-26-30-23-13-5-6-14-24(23)31-26/h1-15H,16-17H2,(H,28,29)(H,30,31)(H,32,34). The van der Waals surface area contributed by atoms with Gasteiger partial charge in [-0.3, -0.25) is 0 Å². The average Bonchev–Trinajstić information content (AvgIpc) is 3.46. The number of aromatic nitrogens is 4. The number of para-hydroxylation sites is 4. The summed E-state index contributed by atoms with van der Waals surface area (Å²) in [5.41, 5.74) is 4.39. The van der Waals surface area contributed by atoms with Crippen LogP contribution in [0.1, 0.15) is 11.6 Å². The van der Waals surface area contributed by atoms with Crippen molar-refractivity contribution in [2.75, 3.05) is 5.32 Å². The number of rotatable bonds is 5. The van der Waals surface area contributed by atoms with E-state index in [2.05, 4.69) is 25.3 Å². The molecule has 0 unspecified atom stereocenters. The van der Waals surface area contributed by atoms with Gasteiger partial charge in [-0.1, -0.05) is 60.7 Å². The highest BCUT2D eigenvalue weighted by Gasteiger charge is 2.19. The van der Waals surface area contributed by atoms with Crippen molar-refractivity contribution in [3.63, 3.8) is 0 Å². The predicted octanol–water partition coefficient (Wildman–Crippen LogP) is 5.83. The molecule has 2 aromatic heterocycles. The lowest BCUT2D eigenvalue weighted by Gasteiger charge is -2.22. The molecular formula is C27H22N6O. The number of anilines is 1. The van der Waals surface area contributed by atoms with Gasteiger partial charge in [0, 0.05) is 5.39 Å². The summed E-state index contributed by atoms with van der Waals surface area (Å²) in [6, 6.07) is 29.4. The van der Waals surface area contributed by atoms with Gasteiger partial charge in [-0.25, -0.2) is 14.8 Å². The summed E-state index contributed by atoms with van der Waals surface area (Å²) in [6.07, 6.45) is 0. The fraction of sp³-hybridized carbons (Fsp3) is 0.0741. The minimum Gasteiger partial charge on any atom is -0.340 e. The molecule has 0 aliphatic carbocycles. The molecule has 0 radical (unpaired) electrons. The molecule has 7 nitrogen and oxygen atoms in total. The van der Waals surface area contributed by atoms with Crippen LogP contribution in [0, 0.1) is 0 Å². The maximum absolute atomic E-state index is 13.5. The quantitative estimate of drug-likeness (QED) is 0.311. The van der Waals surface area contributed by atoms with E-state index in [1.54, 1.807) is 4.90 Å². The molecule has 2 heterocycles. The van der Waals surface area contributed by atoms with Gasteiger partial charge < -0.3 is 20.2 Å². The van der Waals surface area contributed by atoms with Gasteiger partial charge in [-0.05, 0) is 35.7 Å². The van der Waals surface area contributed by atoms with Crippen LogP contribution in [0.4, 0.5) is 10.5 Å². The van der Waals surface area contributed by atoms with E-state index in [0.29, 0.717) is 24.7 Å². The fourth-order valence-corrected chi connectivity index (χ4v) is 4.25. The minimum absolute atomic E-state index is 0.225. The van der Waals surface area contributed by atoms with Crippen molar-refractivity contribution in [2.24, 2.45) is 0 Å². The summed E-state index contributed by atoms with van der Waals surface area (Å²) >= 11 is 0. The number of carbonyl (C=O) groups excluding carboxylic acids is 1. The molecule has 0 bridgehead atoms. The van der Waals surface area contributed by atoms with Gasteiger partial charge in [-0.15, -0.1) is 0 Å². The molecule has 0 aliphatic rings. The zero-order valence-corrected chi connectivity index (χ0v) is 18.3. The van der Waals surface area contributed by atoms with Crippen molar-refractivity contribution in [1.82, 2.24) is 24.8 Å². The molecule has 0 fully saturated rings. The van der Waals surface area contributed by atoms with Gasteiger partial charge in [0.15, 0.2) is 0 Å². The Bertz CT molecular complexity index is 1490. The second kappa shape index (κ2) is 8.37. The first-order valence-corrected chi connectivity index (χ1v) is 11.1. The Labute approximate surface area is 195 Å². The number of fused-ring (bicyclic) bond motifs is 3. The number of aromatic amines is 2. The van der Waals surface area contributed by atoms with Crippen LogP contribution in [0.2, 0.25) is 0 Å². The first-order valence-electron chi connectivity index (χ1n) is 11.1. The van der Waals surface area contributed by atoms with Crippen LogP contribution in [0.3, 0.4) is 0 Å². The van der Waals surface area contributed by atoms with Crippen molar-refractivity contribution in [3.8, 4) is 0 Å². The van der Waals surface area contributed by atoms with Crippen molar-refractivity contribution < 1.29 is 4.79 Å². The summed E-state index contributed by atoms with van der Waals surface area (Å²) in [5, 5.41) is 5.16. The van der Waals surface area contributed by atoms with Gasteiger partial charge in [0.25, 0.3) is 0 Å². The van der Waals surface area contributed by atoms with Crippen LogP contribution in [-0.4, -0.2) is 30.9 Å². The van der Waals surface area contributed by atoms with E-state index in [4.69, 9.17) is 0 Å². The van der Waals surface area contributed by atoms with E-state index in [0.717, 1.165) is 38.5 Å². The largest absolute Gasteiger partial charge is 0.340 e. The molecule has 6 rings (SSSR count). The van der Waals surface area contributed by atoms with Gasteiger partial charge in [0.2, 0.25) is 0 Å². The Morgan fingerprint density at radius 2 is 1.26 bits per heavy atom. The lowest BCUT2D eigenvalue weighted by molar-refractivity contribution is 0.203. The maximum Gasteiger partial charge on any atom is 0.322 e. The van der Waals surface area contributed by atoms with Crippen molar-refractivity contribution in [2.45, 2.75) is 13.1 Å². The number of hydrogen-bond donors (Lipinski definition) is 3. The normalized spacial score (nSPS) is 11.3. The number of carbonyl (C=O) groups is 1. The molecule has 34 heavy (non-hydrogen) atoms. The van der Waals surface area contributed by atoms with Gasteiger partial charge >= 0.3 is 6.03 Å². The van der Waals surface area contributed by atoms with Crippen LogP contribution < -0.4 is 5.32 Å². The number of urea groups is 1. The first kappa shape index (κ1) is 20.0. The van der Waals surface area contributed by atoms with E-state index in [1.165, 1.54) is 0 Å². The second-order valence-electron chi connectivity index (χ2n) is 8.21.